The molecule has 0 saturated carbocycles. The van der Waals surface area contributed by atoms with E-state index in [1.165, 1.54) is 6.07 Å². The van der Waals surface area contributed by atoms with E-state index >= 15 is 0 Å². The summed E-state index contributed by atoms with van der Waals surface area (Å²) in [6, 6.07) is 2.26. The lowest BCUT2D eigenvalue weighted by atomic mass is 10.1. The van der Waals surface area contributed by atoms with Gasteiger partial charge in [-0.3, -0.25) is 4.98 Å². The molecule has 3 nitrogen and oxygen atoms in total. The lowest BCUT2D eigenvalue weighted by molar-refractivity contribution is -0.137. The van der Waals surface area contributed by atoms with E-state index in [9.17, 15) is 13.2 Å². The van der Waals surface area contributed by atoms with Crippen LogP contribution in [0.25, 0.3) is 0 Å². The predicted octanol–water partition coefficient (Wildman–Crippen LogP) is 3.57. The Morgan fingerprint density at radius 2 is 2.00 bits per heavy atom. The van der Waals surface area contributed by atoms with Gasteiger partial charge in [-0.2, -0.15) is 13.2 Å². The Morgan fingerprint density at radius 3 is 2.45 bits per heavy atom. The van der Waals surface area contributed by atoms with E-state index < -0.39 is 11.7 Å². The maximum absolute atomic E-state index is 12.5. The van der Waals surface area contributed by atoms with E-state index in [1.807, 2.05) is 20.8 Å². The minimum absolute atomic E-state index is 0.0652. The Balaban J connectivity index is 2.79. The summed E-state index contributed by atoms with van der Waals surface area (Å²) in [5.74, 6) is 0. The van der Waals surface area contributed by atoms with Gasteiger partial charge in [0, 0.05) is 6.20 Å². The molecular weight excluding hydrogens is 269 g/mol. The summed E-state index contributed by atoms with van der Waals surface area (Å²) < 4.78 is 43.0. The molecule has 0 aromatic carbocycles. The average Bonchev–Trinajstić information content (AvgIpc) is 2.38. The summed E-state index contributed by atoms with van der Waals surface area (Å²) in [4.78, 5) is 3.91. The molecule has 1 heterocycles. The number of hydrogen-bond donors (Lipinski definition) is 1. The highest BCUT2D eigenvalue weighted by molar-refractivity contribution is 5.19. The van der Waals surface area contributed by atoms with E-state index in [4.69, 9.17) is 4.74 Å². The fourth-order valence-electron chi connectivity index (χ4n) is 1.64. The third kappa shape index (κ3) is 5.46. The number of halogens is 3. The lowest BCUT2D eigenvalue weighted by Crippen LogP contribution is -2.28. The molecule has 0 amide bonds. The zero-order valence-corrected chi connectivity index (χ0v) is 12.0. The van der Waals surface area contributed by atoms with Crippen LogP contribution in [0.5, 0.6) is 0 Å². The lowest BCUT2D eigenvalue weighted by Gasteiger charge is -2.20. The summed E-state index contributed by atoms with van der Waals surface area (Å²) in [5, 5.41) is 3.23. The Bertz CT molecular complexity index is 390. The molecule has 0 fully saturated rings. The van der Waals surface area contributed by atoms with Gasteiger partial charge in [-0.25, -0.2) is 0 Å². The van der Waals surface area contributed by atoms with Crippen molar-refractivity contribution in [1.29, 1.82) is 0 Å². The molecule has 1 atom stereocenters. The molecule has 0 aliphatic heterocycles. The summed E-state index contributed by atoms with van der Waals surface area (Å²) in [6.45, 7) is 6.99. The van der Waals surface area contributed by atoms with E-state index in [-0.39, 0.29) is 12.1 Å². The first-order chi connectivity index (χ1) is 9.34. The maximum atomic E-state index is 12.5. The number of nitrogens with one attached hydrogen (secondary N) is 1. The maximum Gasteiger partial charge on any atom is 0.417 e. The number of rotatable bonds is 7. The molecule has 20 heavy (non-hydrogen) atoms. The minimum Gasteiger partial charge on any atom is -0.377 e. The van der Waals surface area contributed by atoms with E-state index in [1.54, 1.807) is 0 Å². The van der Waals surface area contributed by atoms with Crippen LogP contribution in [0.2, 0.25) is 0 Å². The van der Waals surface area contributed by atoms with Crippen molar-refractivity contribution in [3.05, 3.63) is 29.6 Å². The molecule has 0 aliphatic carbocycles. The van der Waals surface area contributed by atoms with Gasteiger partial charge in [0.2, 0.25) is 0 Å². The molecular formula is C14H21F3N2O. The standard InChI is InChI=1S/C14H21F3N2O/c1-4-7-18-13(9-20-10(2)3)12-6-5-11(8-19-12)14(15,16)17/h5-6,8,10,13,18H,4,7,9H2,1-3H3. The molecule has 6 heteroatoms. The topological polar surface area (TPSA) is 34.1 Å². The number of nitrogens with zero attached hydrogens (tertiary/aromatic N) is 1. The molecule has 1 N–H and O–H groups in total. The van der Waals surface area contributed by atoms with Crippen LogP contribution in [0.4, 0.5) is 13.2 Å². The summed E-state index contributed by atoms with van der Waals surface area (Å²) >= 11 is 0. The molecule has 0 aliphatic rings. The zero-order valence-electron chi connectivity index (χ0n) is 12.0. The van der Waals surface area contributed by atoms with Crippen molar-refractivity contribution in [2.45, 2.75) is 45.5 Å². The van der Waals surface area contributed by atoms with E-state index in [0.717, 1.165) is 25.2 Å². The van der Waals surface area contributed by atoms with E-state index in [2.05, 4.69) is 10.3 Å². The highest BCUT2D eigenvalue weighted by Gasteiger charge is 2.31. The first kappa shape index (κ1) is 16.9. The van der Waals surface area contributed by atoms with Gasteiger partial charge in [-0.1, -0.05) is 6.92 Å². The second-order valence-corrected chi connectivity index (χ2v) is 4.86. The van der Waals surface area contributed by atoms with Gasteiger partial charge in [0.25, 0.3) is 0 Å². The van der Waals surface area contributed by atoms with Crippen LogP contribution in [0, 0.1) is 0 Å². The quantitative estimate of drug-likeness (QED) is 0.833. The molecule has 114 valence electrons. The van der Waals surface area contributed by atoms with Gasteiger partial charge < -0.3 is 10.1 Å². The summed E-state index contributed by atoms with van der Waals surface area (Å²) in [6.07, 6.45) is -2.49. The monoisotopic (exact) mass is 290 g/mol. The largest absolute Gasteiger partial charge is 0.417 e. The fourth-order valence-corrected chi connectivity index (χ4v) is 1.64. The second-order valence-electron chi connectivity index (χ2n) is 4.86. The number of pyridine rings is 1. The minimum atomic E-state index is -4.35. The van der Waals surface area contributed by atoms with Crippen LogP contribution in [-0.4, -0.2) is 24.2 Å². The fraction of sp³-hybridized carbons (Fsp3) is 0.643. The summed E-state index contributed by atoms with van der Waals surface area (Å²) in [5.41, 5.74) is -0.174. The zero-order chi connectivity index (χ0) is 15.2. The molecule has 0 bridgehead atoms. The Kier molecular flexibility index (Phi) is 6.42. The Labute approximate surface area is 117 Å². The van der Waals surface area contributed by atoms with Crippen molar-refractivity contribution in [1.82, 2.24) is 10.3 Å². The molecule has 0 radical (unpaired) electrons. The highest BCUT2D eigenvalue weighted by Crippen LogP contribution is 2.29. The third-order valence-electron chi connectivity index (χ3n) is 2.71. The molecule has 1 aromatic heterocycles. The van der Waals surface area contributed by atoms with Crippen LogP contribution in [0.15, 0.2) is 18.3 Å². The van der Waals surface area contributed by atoms with Gasteiger partial charge in [0.05, 0.1) is 30.0 Å². The van der Waals surface area contributed by atoms with Crippen molar-refractivity contribution in [3.8, 4) is 0 Å². The first-order valence-corrected chi connectivity index (χ1v) is 6.72. The van der Waals surface area contributed by atoms with Crippen molar-refractivity contribution in [2.24, 2.45) is 0 Å². The van der Waals surface area contributed by atoms with Crippen molar-refractivity contribution in [3.63, 3.8) is 0 Å². The highest BCUT2D eigenvalue weighted by atomic mass is 19.4. The normalized spacial score (nSPS) is 13.8. The van der Waals surface area contributed by atoms with Crippen LogP contribution >= 0.6 is 0 Å². The van der Waals surface area contributed by atoms with E-state index in [0.29, 0.717) is 12.3 Å². The number of ether oxygens (including phenoxy) is 1. The van der Waals surface area contributed by atoms with Crippen molar-refractivity contribution in [2.75, 3.05) is 13.2 Å². The smallest absolute Gasteiger partial charge is 0.377 e. The molecule has 1 aromatic rings. The Morgan fingerprint density at radius 1 is 1.30 bits per heavy atom. The average molecular weight is 290 g/mol. The molecule has 1 unspecified atom stereocenters. The van der Waals surface area contributed by atoms with Gasteiger partial charge >= 0.3 is 6.18 Å². The van der Waals surface area contributed by atoms with Crippen molar-refractivity contribution < 1.29 is 17.9 Å². The number of aromatic nitrogens is 1. The van der Waals surface area contributed by atoms with Crippen LogP contribution < -0.4 is 5.32 Å². The number of hydrogen-bond acceptors (Lipinski definition) is 3. The van der Waals surface area contributed by atoms with Crippen molar-refractivity contribution >= 4 is 0 Å². The van der Waals surface area contributed by atoms with Crippen LogP contribution in [-0.2, 0) is 10.9 Å². The molecule has 0 saturated heterocycles. The van der Waals surface area contributed by atoms with Gasteiger partial charge in [0.1, 0.15) is 0 Å². The predicted molar refractivity (Wildman–Crippen MR) is 71.4 cm³/mol. The summed E-state index contributed by atoms with van der Waals surface area (Å²) in [7, 11) is 0. The second kappa shape index (κ2) is 7.59. The Hall–Kier alpha value is -1.14. The SMILES string of the molecule is CCCNC(COC(C)C)c1ccc(C(F)(F)F)cn1. The van der Waals surface area contributed by atoms with Crippen LogP contribution in [0.1, 0.15) is 44.5 Å². The first-order valence-electron chi connectivity index (χ1n) is 6.72. The third-order valence-corrected chi connectivity index (χ3v) is 2.71. The van der Waals surface area contributed by atoms with Gasteiger partial charge in [-0.15, -0.1) is 0 Å². The molecule has 0 spiro atoms. The van der Waals surface area contributed by atoms with Crippen LogP contribution in [0.3, 0.4) is 0 Å². The van der Waals surface area contributed by atoms with Gasteiger partial charge in [-0.05, 0) is 38.9 Å². The molecule has 1 rings (SSSR count). The number of alkyl halides is 3. The van der Waals surface area contributed by atoms with Gasteiger partial charge in [0.15, 0.2) is 0 Å².